The second-order valence-electron chi connectivity index (χ2n) is 4.98. The average Bonchev–Trinajstić information content (AvgIpc) is 2.29. The van der Waals surface area contributed by atoms with E-state index in [1.807, 2.05) is 32.8 Å². The minimum absolute atomic E-state index is 0.0000926. The van der Waals surface area contributed by atoms with Crippen molar-refractivity contribution in [1.29, 1.82) is 0 Å². The van der Waals surface area contributed by atoms with E-state index in [0.29, 0.717) is 18.4 Å². The Morgan fingerprint density at radius 2 is 1.78 bits per heavy atom. The van der Waals surface area contributed by atoms with Crippen molar-refractivity contribution in [2.24, 2.45) is 0 Å². The molecule has 0 aliphatic carbocycles. The van der Waals surface area contributed by atoms with Crippen LogP contribution in [0.3, 0.4) is 0 Å². The van der Waals surface area contributed by atoms with Gasteiger partial charge in [-0.2, -0.15) is 0 Å². The lowest BCUT2D eigenvalue weighted by Gasteiger charge is -2.37. The molecule has 1 aromatic carbocycles. The van der Waals surface area contributed by atoms with Gasteiger partial charge < -0.3 is 0 Å². The number of carbonyl (C=O) groups excluding carboxylic acids is 1. The first-order valence-electron chi connectivity index (χ1n) is 6.36. The monoisotopic (exact) mass is 251 g/mol. The molecule has 0 fully saturated rings. The van der Waals surface area contributed by atoms with Crippen LogP contribution in [0.15, 0.2) is 18.2 Å². The predicted octanol–water partition coefficient (Wildman–Crippen LogP) is 3.44. The molecule has 1 rings (SSSR count). The number of hydrogen-bond acceptors (Lipinski definition) is 2. The third kappa shape index (κ3) is 2.61. The number of carbonyl (C=O) groups is 1. The molecule has 100 valence electrons. The summed E-state index contributed by atoms with van der Waals surface area (Å²) < 4.78 is 13.4. The Bertz CT molecular complexity index is 416. The predicted molar refractivity (Wildman–Crippen MR) is 72.5 cm³/mol. The molecule has 0 spiro atoms. The standard InChI is InChI=1S/C15H22FNO/c1-6-15(7-2,17(4)5)14(18)12-8-11(3)9-13(16)10-12/h8-10H,6-7H2,1-5H3. The van der Waals surface area contributed by atoms with Gasteiger partial charge in [-0.15, -0.1) is 0 Å². The van der Waals surface area contributed by atoms with Gasteiger partial charge in [-0.25, -0.2) is 4.39 Å². The fourth-order valence-corrected chi connectivity index (χ4v) is 2.54. The van der Waals surface area contributed by atoms with Gasteiger partial charge in [-0.3, -0.25) is 9.69 Å². The first kappa shape index (κ1) is 14.8. The molecule has 0 N–H and O–H groups in total. The summed E-state index contributed by atoms with van der Waals surface area (Å²) in [4.78, 5) is 14.6. The summed E-state index contributed by atoms with van der Waals surface area (Å²) >= 11 is 0. The summed E-state index contributed by atoms with van der Waals surface area (Å²) in [6, 6.07) is 4.53. The molecule has 0 atom stereocenters. The van der Waals surface area contributed by atoms with Crippen LogP contribution in [-0.2, 0) is 0 Å². The van der Waals surface area contributed by atoms with Crippen LogP contribution in [0.1, 0.15) is 42.6 Å². The van der Waals surface area contributed by atoms with Crippen LogP contribution in [0.2, 0.25) is 0 Å². The van der Waals surface area contributed by atoms with Gasteiger partial charge in [0.15, 0.2) is 5.78 Å². The van der Waals surface area contributed by atoms with E-state index >= 15 is 0 Å². The van der Waals surface area contributed by atoms with Gasteiger partial charge in [0.05, 0.1) is 5.54 Å². The number of Topliss-reactive ketones (excluding diaryl/α,β-unsaturated/α-hetero) is 1. The topological polar surface area (TPSA) is 20.3 Å². The van der Waals surface area contributed by atoms with Gasteiger partial charge in [-0.05, 0) is 57.6 Å². The SMILES string of the molecule is CCC(CC)(C(=O)c1cc(C)cc(F)c1)N(C)C. The minimum atomic E-state index is -0.541. The highest BCUT2D eigenvalue weighted by Gasteiger charge is 2.37. The van der Waals surface area contributed by atoms with Crippen LogP contribution in [0, 0.1) is 12.7 Å². The van der Waals surface area contributed by atoms with E-state index in [4.69, 9.17) is 0 Å². The minimum Gasteiger partial charge on any atom is -0.297 e. The summed E-state index contributed by atoms with van der Waals surface area (Å²) in [5.41, 5.74) is 0.698. The molecule has 0 aliphatic rings. The smallest absolute Gasteiger partial charge is 0.183 e. The Labute approximate surface area is 109 Å². The van der Waals surface area contributed by atoms with E-state index in [-0.39, 0.29) is 11.6 Å². The second kappa shape index (κ2) is 5.61. The van der Waals surface area contributed by atoms with E-state index in [1.165, 1.54) is 12.1 Å². The summed E-state index contributed by atoms with van der Waals surface area (Å²) in [5.74, 6) is -0.349. The van der Waals surface area contributed by atoms with Crippen molar-refractivity contribution in [3.05, 3.63) is 35.1 Å². The van der Waals surface area contributed by atoms with Crippen molar-refractivity contribution in [2.75, 3.05) is 14.1 Å². The maximum Gasteiger partial charge on any atom is 0.183 e. The van der Waals surface area contributed by atoms with Crippen LogP contribution in [0.25, 0.3) is 0 Å². The van der Waals surface area contributed by atoms with Crippen molar-refractivity contribution in [3.63, 3.8) is 0 Å². The van der Waals surface area contributed by atoms with Crippen molar-refractivity contribution < 1.29 is 9.18 Å². The highest BCUT2D eigenvalue weighted by Crippen LogP contribution is 2.27. The molecular formula is C15H22FNO. The maximum atomic E-state index is 13.4. The number of nitrogens with zero attached hydrogens (tertiary/aromatic N) is 1. The number of benzene rings is 1. The molecule has 0 saturated carbocycles. The van der Waals surface area contributed by atoms with Crippen LogP contribution in [0.4, 0.5) is 4.39 Å². The van der Waals surface area contributed by atoms with Crippen molar-refractivity contribution in [1.82, 2.24) is 4.90 Å². The molecule has 1 aromatic rings. The number of likely N-dealkylation sites (N-methyl/N-ethyl adjacent to an activating group) is 1. The Morgan fingerprint density at radius 3 is 2.17 bits per heavy atom. The Balaban J connectivity index is 3.26. The van der Waals surface area contributed by atoms with Gasteiger partial charge in [0.25, 0.3) is 0 Å². The average molecular weight is 251 g/mol. The van der Waals surface area contributed by atoms with Crippen LogP contribution in [-0.4, -0.2) is 30.3 Å². The number of aryl methyl sites for hydroxylation is 1. The van der Waals surface area contributed by atoms with Crippen LogP contribution < -0.4 is 0 Å². The van der Waals surface area contributed by atoms with Gasteiger partial charge in [0.2, 0.25) is 0 Å². The molecule has 0 heterocycles. The summed E-state index contributed by atoms with van der Waals surface area (Å²) in [7, 11) is 3.80. The molecule has 0 amide bonds. The van der Waals surface area contributed by atoms with Gasteiger partial charge in [0, 0.05) is 5.56 Å². The molecule has 2 nitrogen and oxygen atoms in total. The molecule has 0 unspecified atom stereocenters. The largest absolute Gasteiger partial charge is 0.297 e. The fourth-order valence-electron chi connectivity index (χ4n) is 2.54. The van der Waals surface area contributed by atoms with Gasteiger partial charge in [-0.1, -0.05) is 13.8 Å². The fraction of sp³-hybridized carbons (Fsp3) is 0.533. The quantitative estimate of drug-likeness (QED) is 0.747. The number of halogens is 1. The highest BCUT2D eigenvalue weighted by atomic mass is 19.1. The van der Waals surface area contributed by atoms with Gasteiger partial charge >= 0.3 is 0 Å². The summed E-state index contributed by atoms with van der Waals surface area (Å²) in [6.45, 7) is 5.79. The van der Waals surface area contributed by atoms with E-state index in [1.54, 1.807) is 13.0 Å². The molecule has 0 aliphatic heterocycles. The Morgan fingerprint density at radius 1 is 1.22 bits per heavy atom. The molecular weight excluding hydrogens is 229 g/mol. The lowest BCUT2D eigenvalue weighted by Crippen LogP contribution is -2.50. The van der Waals surface area contributed by atoms with Crippen molar-refractivity contribution >= 4 is 5.78 Å². The van der Waals surface area contributed by atoms with Crippen molar-refractivity contribution in [3.8, 4) is 0 Å². The lowest BCUT2D eigenvalue weighted by molar-refractivity contribution is 0.0655. The van der Waals surface area contributed by atoms with Crippen LogP contribution >= 0.6 is 0 Å². The zero-order chi connectivity index (χ0) is 13.9. The first-order valence-corrected chi connectivity index (χ1v) is 6.36. The van der Waals surface area contributed by atoms with Crippen LogP contribution in [0.5, 0.6) is 0 Å². The molecule has 0 aromatic heterocycles. The third-order valence-electron chi connectivity index (χ3n) is 3.75. The molecule has 0 radical (unpaired) electrons. The first-order chi connectivity index (χ1) is 8.37. The lowest BCUT2D eigenvalue weighted by atomic mass is 9.83. The number of ketones is 1. The van der Waals surface area contributed by atoms with E-state index in [2.05, 4.69) is 0 Å². The summed E-state index contributed by atoms with van der Waals surface area (Å²) in [5, 5.41) is 0. The molecule has 18 heavy (non-hydrogen) atoms. The normalized spacial score (nSPS) is 11.9. The van der Waals surface area contributed by atoms with Gasteiger partial charge in [0.1, 0.15) is 5.82 Å². The maximum absolute atomic E-state index is 13.4. The zero-order valence-corrected chi connectivity index (χ0v) is 11.9. The third-order valence-corrected chi connectivity index (χ3v) is 3.75. The Kier molecular flexibility index (Phi) is 4.63. The summed E-state index contributed by atoms with van der Waals surface area (Å²) in [6.07, 6.45) is 1.43. The Hall–Kier alpha value is -1.22. The molecule has 0 saturated heterocycles. The highest BCUT2D eigenvalue weighted by molar-refractivity contribution is 6.03. The zero-order valence-electron chi connectivity index (χ0n) is 11.9. The number of rotatable bonds is 5. The van der Waals surface area contributed by atoms with Crippen molar-refractivity contribution in [2.45, 2.75) is 39.2 Å². The van der Waals surface area contributed by atoms with E-state index in [0.717, 1.165) is 5.56 Å². The molecule has 3 heteroatoms. The molecule has 0 bridgehead atoms. The second-order valence-corrected chi connectivity index (χ2v) is 4.98. The van der Waals surface area contributed by atoms with E-state index in [9.17, 15) is 9.18 Å². The number of hydrogen-bond donors (Lipinski definition) is 0. The van der Waals surface area contributed by atoms with E-state index < -0.39 is 5.54 Å².